The van der Waals surface area contributed by atoms with Gasteiger partial charge < -0.3 is 20.3 Å². The van der Waals surface area contributed by atoms with Crippen molar-refractivity contribution in [3.63, 3.8) is 0 Å². The average Bonchev–Trinajstić information content (AvgIpc) is 2.38. The fraction of sp³-hybridized carbons (Fsp3) is 0.462. The van der Waals surface area contributed by atoms with E-state index >= 15 is 0 Å². The molecule has 0 bridgehead atoms. The van der Waals surface area contributed by atoms with Crippen molar-refractivity contribution in [2.45, 2.75) is 0 Å². The fourth-order valence-corrected chi connectivity index (χ4v) is 2.28. The number of benzene rings is 1. The molecule has 3 rings (SSSR count). The highest BCUT2D eigenvalue weighted by molar-refractivity contribution is 5.89. The van der Waals surface area contributed by atoms with Crippen LogP contribution in [0.1, 0.15) is 0 Å². The minimum atomic E-state index is 0.556. The Bertz CT molecular complexity index is 478. The van der Waals surface area contributed by atoms with Crippen molar-refractivity contribution in [1.82, 2.24) is 9.80 Å². The molecule has 2 N–H and O–H groups in total. The van der Waals surface area contributed by atoms with Crippen LogP contribution in [0.15, 0.2) is 23.2 Å². The van der Waals surface area contributed by atoms with Crippen molar-refractivity contribution in [3.8, 4) is 5.75 Å². The molecule has 0 aliphatic carbocycles. The molecule has 2 heterocycles. The van der Waals surface area contributed by atoms with Gasteiger partial charge in [0.2, 0.25) is 0 Å². The van der Waals surface area contributed by atoms with Gasteiger partial charge in [0.25, 0.3) is 0 Å². The summed E-state index contributed by atoms with van der Waals surface area (Å²) in [6.07, 6.45) is 0. The Morgan fingerprint density at radius 3 is 2.78 bits per heavy atom. The molecule has 1 fully saturated rings. The van der Waals surface area contributed by atoms with E-state index in [-0.39, 0.29) is 0 Å². The van der Waals surface area contributed by atoms with Crippen LogP contribution in [0.4, 0.5) is 11.4 Å². The van der Waals surface area contributed by atoms with Gasteiger partial charge in [0.1, 0.15) is 23.9 Å². The molecule has 2 aliphatic rings. The molecule has 0 saturated carbocycles. The van der Waals surface area contributed by atoms with Crippen molar-refractivity contribution in [3.05, 3.63) is 18.2 Å². The summed E-state index contributed by atoms with van der Waals surface area (Å²) in [7, 11) is 2.15. The molecule has 18 heavy (non-hydrogen) atoms. The van der Waals surface area contributed by atoms with E-state index in [4.69, 9.17) is 10.5 Å². The average molecular weight is 246 g/mol. The Morgan fingerprint density at radius 2 is 2.00 bits per heavy atom. The summed E-state index contributed by atoms with van der Waals surface area (Å²) in [5.74, 6) is 1.84. The molecule has 0 atom stereocenters. The Kier molecular flexibility index (Phi) is 2.83. The summed E-state index contributed by atoms with van der Waals surface area (Å²) in [5.41, 5.74) is 7.34. The van der Waals surface area contributed by atoms with E-state index in [0.29, 0.717) is 6.61 Å². The summed E-state index contributed by atoms with van der Waals surface area (Å²) in [4.78, 5) is 9.30. The van der Waals surface area contributed by atoms with Crippen LogP contribution in [0.25, 0.3) is 0 Å². The van der Waals surface area contributed by atoms with Gasteiger partial charge in [-0.15, -0.1) is 0 Å². The number of nitrogens with zero attached hydrogens (tertiary/aromatic N) is 3. The third kappa shape index (κ3) is 2.13. The second-order valence-electron chi connectivity index (χ2n) is 4.83. The van der Waals surface area contributed by atoms with Crippen LogP contribution in [-0.2, 0) is 0 Å². The first-order valence-corrected chi connectivity index (χ1v) is 6.26. The number of fused-ring (bicyclic) bond motifs is 1. The van der Waals surface area contributed by atoms with Gasteiger partial charge in [-0.3, -0.25) is 0 Å². The molecular formula is C13H18N4O. The van der Waals surface area contributed by atoms with Crippen LogP contribution < -0.4 is 10.5 Å². The van der Waals surface area contributed by atoms with Gasteiger partial charge in [-0.05, 0) is 25.2 Å². The largest absolute Gasteiger partial charge is 0.483 e. The number of amidine groups is 1. The number of ether oxygens (including phenoxy) is 1. The third-order valence-corrected chi connectivity index (χ3v) is 3.46. The van der Waals surface area contributed by atoms with Gasteiger partial charge in [0.05, 0.1) is 0 Å². The second-order valence-corrected chi connectivity index (χ2v) is 4.83. The van der Waals surface area contributed by atoms with E-state index in [1.165, 1.54) is 0 Å². The zero-order valence-electron chi connectivity index (χ0n) is 10.6. The standard InChI is InChI=1S/C13H18N4O/c1-16-4-6-17(7-5-16)13-9-18-12-3-2-10(14)8-11(12)15-13/h2-3,8H,4-7,9,14H2,1H3. The second kappa shape index (κ2) is 4.49. The van der Waals surface area contributed by atoms with Crippen LogP contribution in [0.2, 0.25) is 0 Å². The number of anilines is 1. The summed E-state index contributed by atoms with van der Waals surface area (Å²) in [6.45, 7) is 4.72. The molecule has 2 aliphatic heterocycles. The number of hydrogen-bond acceptors (Lipinski definition) is 5. The van der Waals surface area contributed by atoms with Crippen molar-refractivity contribution < 1.29 is 4.74 Å². The van der Waals surface area contributed by atoms with Crippen molar-refractivity contribution in [2.24, 2.45) is 4.99 Å². The van der Waals surface area contributed by atoms with Gasteiger partial charge in [-0.1, -0.05) is 0 Å². The molecule has 1 aromatic carbocycles. The minimum absolute atomic E-state index is 0.556. The van der Waals surface area contributed by atoms with Crippen LogP contribution >= 0.6 is 0 Å². The van der Waals surface area contributed by atoms with E-state index in [2.05, 4.69) is 21.8 Å². The summed E-state index contributed by atoms with van der Waals surface area (Å²) in [6, 6.07) is 5.59. The molecule has 5 nitrogen and oxygen atoms in total. The molecule has 0 unspecified atom stereocenters. The number of hydrogen-bond donors (Lipinski definition) is 1. The Labute approximate surface area is 107 Å². The van der Waals surface area contributed by atoms with Crippen LogP contribution in [0.5, 0.6) is 5.75 Å². The van der Waals surface area contributed by atoms with Crippen LogP contribution in [0.3, 0.4) is 0 Å². The van der Waals surface area contributed by atoms with Crippen molar-refractivity contribution >= 4 is 17.2 Å². The van der Waals surface area contributed by atoms with Gasteiger partial charge in [-0.2, -0.15) is 0 Å². The quantitative estimate of drug-likeness (QED) is 0.692. The zero-order valence-corrected chi connectivity index (χ0v) is 10.6. The Hall–Kier alpha value is -1.75. The van der Waals surface area contributed by atoms with Crippen molar-refractivity contribution in [2.75, 3.05) is 45.6 Å². The fourth-order valence-electron chi connectivity index (χ4n) is 2.28. The lowest BCUT2D eigenvalue weighted by Gasteiger charge is -2.35. The van der Waals surface area contributed by atoms with Crippen molar-refractivity contribution in [1.29, 1.82) is 0 Å². The highest BCUT2D eigenvalue weighted by Crippen LogP contribution is 2.32. The molecule has 5 heteroatoms. The van der Waals surface area contributed by atoms with Gasteiger partial charge >= 0.3 is 0 Å². The van der Waals surface area contributed by atoms with E-state index < -0.39 is 0 Å². The maximum absolute atomic E-state index is 5.78. The Balaban J connectivity index is 1.82. The number of nitrogen functional groups attached to an aromatic ring is 1. The topological polar surface area (TPSA) is 54.1 Å². The SMILES string of the molecule is CN1CCN(C2=Nc3cc(N)ccc3OC2)CC1. The normalized spacial score (nSPS) is 20.1. The molecule has 0 amide bonds. The van der Waals surface area contributed by atoms with E-state index in [9.17, 15) is 0 Å². The lowest BCUT2D eigenvalue weighted by molar-refractivity contribution is 0.206. The zero-order chi connectivity index (χ0) is 12.5. The highest BCUT2D eigenvalue weighted by atomic mass is 16.5. The summed E-state index contributed by atoms with van der Waals surface area (Å²) in [5, 5.41) is 0. The van der Waals surface area contributed by atoms with Crippen LogP contribution in [-0.4, -0.2) is 55.5 Å². The van der Waals surface area contributed by atoms with Gasteiger partial charge in [0, 0.05) is 31.9 Å². The Morgan fingerprint density at radius 1 is 1.22 bits per heavy atom. The lowest BCUT2D eigenvalue weighted by atomic mass is 10.2. The predicted octanol–water partition coefficient (Wildman–Crippen LogP) is 0.939. The maximum atomic E-state index is 5.78. The summed E-state index contributed by atoms with van der Waals surface area (Å²) >= 11 is 0. The first-order valence-electron chi connectivity index (χ1n) is 6.26. The molecular weight excluding hydrogens is 228 g/mol. The first-order chi connectivity index (χ1) is 8.72. The number of likely N-dealkylation sites (N-methyl/N-ethyl adjacent to an activating group) is 1. The maximum Gasteiger partial charge on any atom is 0.146 e. The van der Waals surface area contributed by atoms with Crippen LogP contribution in [0, 0.1) is 0 Å². The molecule has 0 spiro atoms. The van der Waals surface area contributed by atoms with E-state index in [0.717, 1.165) is 49.1 Å². The summed E-state index contributed by atoms with van der Waals surface area (Å²) < 4.78 is 5.73. The highest BCUT2D eigenvalue weighted by Gasteiger charge is 2.21. The monoisotopic (exact) mass is 246 g/mol. The molecule has 96 valence electrons. The molecule has 1 aromatic rings. The molecule has 0 radical (unpaired) electrons. The molecule has 1 saturated heterocycles. The number of nitrogens with two attached hydrogens (primary N) is 1. The smallest absolute Gasteiger partial charge is 0.146 e. The number of rotatable bonds is 0. The van der Waals surface area contributed by atoms with E-state index in [1.807, 2.05) is 18.2 Å². The van der Waals surface area contributed by atoms with Gasteiger partial charge in [0.15, 0.2) is 0 Å². The minimum Gasteiger partial charge on any atom is -0.483 e. The third-order valence-electron chi connectivity index (χ3n) is 3.46. The molecule has 0 aromatic heterocycles. The number of aliphatic imine (C=N–C) groups is 1. The predicted molar refractivity (Wildman–Crippen MR) is 72.5 cm³/mol. The number of piperazine rings is 1. The van der Waals surface area contributed by atoms with E-state index in [1.54, 1.807) is 0 Å². The first kappa shape index (κ1) is 11.3. The van der Waals surface area contributed by atoms with Gasteiger partial charge in [-0.25, -0.2) is 4.99 Å². The lowest BCUT2D eigenvalue weighted by Crippen LogP contribution is -2.49.